The van der Waals surface area contributed by atoms with Crippen LogP contribution in [0.15, 0.2) is 63.7 Å². The third-order valence-electron chi connectivity index (χ3n) is 4.93. The molecule has 0 fully saturated rings. The fourth-order valence-corrected chi connectivity index (χ4v) is 6.39. The lowest BCUT2D eigenvalue weighted by Crippen LogP contribution is -2.23. The summed E-state index contributed by atoms with van der Waals surface area (Å²) < 4.78 is 37.0. The van der Waals surface area contributed by atoms with Crippen molar-refractivity contribution in [3.8, 4) is 11.5 Å². The molecule has 2 heterocycles. The molecule has 150 valence electrons. The van der Waals surface area contributed by atoms with Crippen LogP contribution >= 0.6 is 11.3 Å². The van der Waals surface area contributed by atoms with Crippen molar-refractivity contribution in [3.63, 3.8) is 0 Å². The zero-order chi connectivity index (χ0) is 20.6. The number of hydrogen-bond donors (Lipinski definition) is 1. The molecule has 2 aromatic carbocycles. The molecule has 1 atom stereocenters. The van der Waals surface area contributed by atoms with Crippen molar-refractivity contribution in [2.45, 2.75) is 22.1 Å². The molecule has 3 aromatic rings. The lowest BCUT2D eigenvalue weighted by molar-refractivity contribution is -0.116. The first-order valence-electron chi connectivity index (χ1n) is 8.89. The number of para-hydroxylation sites is 1. The van der Waals surface area contributed by atoms with Gasteiger partial charge in [-0.25, -0.2) is 8.42 Å². The van der Waals surface area contributed by atoms with Crippen molar-refractivity contribution < 1.29 is 22.7 Å². The average molecular weight is 430 g/mol. The molecule has 6 nitrogen and oxygen atoms in total. The second-order valence-electron chi connectivity index (χ2n) is 6.57. The van der Waals surface area contributed by atoms with Gasteiger partial charge in [-0.15, -0.1) is 11.3 Å². The van der Waals surface area contributed by atoms with Crippen LogP contribution in [0.1, 0.15) is 22.8 Å². The number of hydrogen-bond acceptors (Lipinski definition) is 6. The molecule has 1 aromatic heterocycles. The maximum atomic E-state index is 13.2. The smallest absolute Gasteiger partial charge is 0.225 e. The number of rotatable bonds is 5. The van der Waals surface area contributed by atoms with Gasteiger partial charge in [0.15, 0.2) is 0 Å². The molecule has 1 unspecified atom stereocenters. The van der Waals surface area contributed by atoms with E-state index in [0.29, 0.717) is 17.2 Å². The zero-order valence-corrected chi connectivity index (χ0v) is 17.5. The highest BCUT2D eigenvalue weighted by Crippen LogP contribution is 2.47. The molecule has 0 saturated heterocycles. The quantitative estimate of drug-likeness (QED) is 0.661. The minimum absolute atomic E-state index is 0.107. The summed E-state index contributed by atoms with van der Waals surface area (Å²) in [6.07, 6.45) is 0.232. The van der Waals surface area contributed by atoms with Gasteiger partial charge in [-0.3, -0.25) is 4.79 Å². The molecule has 0 aliphatic carbocycles. The topological polar surface area (TPSA) is 81.7 Å². The Bertz CT molecular complexity index is 1170. The highest BCUT2D eigenvalue weighted by Gasteiger charge is 2.35. The number of sulfone groups is 1. The summed E-state index contributed by atoms with van der Waals surface area (Å²) in [5, 5.41) is 4.37. The Labute approximate surface area is 173 Å². The number of thiophene rings is 1. The molecule has 1 amide bonds. The number of ether oxygens (including phenoxy) is 2. The van der Waals surface area contributed by atoms with E-state index < -0.39 is 9.84 Å². The Balaban J connectivity index is 1.81. The molecule has 1 aliphatic heterocycles. The molecule has 4 rings (SSSR count). The second kappa shape index (κ2) is 7.53. The lowest BCUT2D eigenvalue weighted by atomic mass is 9.90. The van der Waals surface area contributed by atoms with Crippen LogP contribution in [0.25, 0.3) is 0 Å². The van der Waals surface area contributed by atoms with Gasteiger partial charge in [0.05, 0.1) is 24.8 Å². The average Bonchev–Trinajstić information content (AvgIpc) is 3.17. The Kier molecular flexibility index (Phi) is 5.06. The van der Waals surface area contributed by atoms with Gasteiger partial charge in [-0.05, 0) is 30.3 Å². The minimum Gasteiger partial charge on any atom is -0.497 e. The van der Waals surface area contributed by atoms with Crippen molar-refractivity contribution in [1.29, 1.82) is 0 Å². The molecule has 1 aliphatic rings. The standard InChI is InChI=1S/C21H19NO5S2/c1-26-13-7-9-14(10-8-13)29(24,25)18-12-28-21-16(11-19(23)22-20(18)21)15-5-3-4-6-17(15)27-2/h3-10,12,16H,11H2,1-2H3,(H,22,23). The van der Waals surface area contributed by atoms with E-state index in [1.54, 1.807) is 24.6 Å². The van der Waals surface area contributed by atoms with E-state index >= 15 is 0 Å². The van der Waals surface area contributed by atoms with Crippen LogP contribution in [0.2, 0.25) is 0 Å². The Morgan fingerprint density at radius 1 is 1.03 bits per heavy atom. The lowest BCUT2D eigenvalue weighted by Gasteiger charge is -2.25. The van der Waals surface area contributed by atoms with Crippen molar-refractivity contribution in [1.82, 2.24) is 0 Å². The summed E-state index contributed by atoms with van der Waals surface area (Å²) >= 11 is 1.33. The Hall–Kier alpha value is -2.84. The fourth-order valence-electron chi connectivity index (χ4n) is 3.49. The van der Waals surface area contributed by atoms with Gasteiger partial charge < -0.3 is 14.8 Å². The van der Waals surface area contributed by atoms with E-state index in [1.165, 1.54) is 30.6 Å². The van der Waals surface area contributed by atoms with Gasteiger partial charge in [0, 0.05) is 28.2 Å². The largest absolute Gasteiger partial charge is 0.497 e. The molecule has 29 heavy (non-hydrogen) atoms. The summed E-state index contributed by atoms with van der Waals surface area (Å²) in [7, 11) is -0.698. The van der Waals surface area contributed by atoms with Crippen LogP contribution < -0.4 is 14.8 Å². The van der Waals surface area contributed by atoms with E-state index in [0.717, 1.165) is 10.4 Å². The van der Waals surface area contributed by atoms with Gasteiger partial charge in [0.1, 0.15) is 16.4 Å². The van der Waals surface area contributed by atoms with Gasteiger partial charge >= 0.3 is 0 Å². The number of methoxy groups -OCH3 is 2. The summed E-state index contributed by atoms with van der Waals surface area (Å²) in [5.41, 5.74) is 1.22. The van der Waals surface area contributed by atoms with Crippen molar-refractivity contribution >= 4 is 32.8 Å². The Morgan fingerprint density at radius 3 is 2.45 bits per heavy atom. The molecule has 0 bridgehead atoms. The minimum atomic E-state index is -3.80. The first kappa shape index (κ1) is 19.5. The van der Waals surface area contributed by atoms with Gasteiger partial charge in [0.25, 0.3) is 0 Å². The maximum absolute atomic E-state index is 13.2. The first-order chi connectivity index (χ1) is 14.0. The van der Waals surface area contributed by atoms with Gasteiger partial charge in [-0.2, -0.15) is 0 Å². The van der Waals surface area contributed by atoms with Crippen molar-refractivity contribution in [3.05, 3.63) is 64.4 Å². The van der Waals surface area contributed by atoms with Gasteiger partial charge in [0.2, 0.25) is 15.7 Å². The number of nitrogens with one attached hydrogen (secondary N) is 1. The fraction of sp³-hybridized carbons (Fsp3) is 0.190. The third kappa shape index (κ3) is 3.38. The summed E-state index contributed by atoms with van der Waals surface area (Å²) in [4.78, 5) is 13.5. The predicted molar refractivity (Wildman–Crippen MR) is 111 cm³/mol. The summed E-state index contributed by atoms with van der Waals surface area (Å²) in [6.45, 7) is 0. The number of anilines is 1. The van der Waals surface area contributed by atoms with Gasteiger partial charge in [-0.1, -0.05) is 18.2 Å². The van der Waals surface area contributed by atoms with E-state index in [4.69, 9.17) is 9.47 Å². The number of carbonyl (C=O) groups excluding carboxylic acids is 1. The predicted octanol–water partition coefficient (Wildman–Crippen LogP) is 4.07. The normalized spacial score (nSPS) is 16.1. The number of fused-ring (bicyclic) bond motifs is 1. The SMILES string of the molecule is COc1ccc(S(=O)(=O)c2csc3c2NC(=O)CC3c2ccccc2OC)cc1. The van der Waals surface area contributed by atoms with E-state index in [-0.39, 0.29) is 28.0 Å². The highest BCUT2D eigenvalue weighted by molar-refractivity contribution is 7.91. The highest BCUT2D eigenvalue weighted by atomic mass is 32.2. The molecule has 0 radical (unpaired) electrons. The van der Waals surface area contributed by atoms with Crippen LogP contribution in [0.5, 0.6) is 11.5 Å². The monoisotopic (exact) mass is 429 g/mol. The maximum Gasteiger partial charge on any atom is 0.225 e. The first-order valence-corrected chi connectivity index (χ1v) is 11.2. The molecule has 0 saturated carbocycles. The number of carbonyl (C=O) groups is 1. The second-order valence-corrected chi connectivity index (χ2v) is 9.39. The van der Waals surface area contributed by atoms with Crippen LogP contribution in [-0.4, -0.2) is 28.5 Å². The van der Waals surface area contributed by atoms with Crippen LogP contribution in [-0.2, 0) is 14.6 Å². The zero-order valence-electron chi connectivity index (χ0n) is 15.8. The van der Waals surface area contributed by atoms with Crippen LogP contribution in [0.4, 0.5) is 5.69 Å². The van der Waals surface area contributed by atoms with E-state index in [1.807, 2.05) is 24.3 Å². The van der Waals surface area contributed by atoms with Crippen molar-refractivity contribution in [2.75, 3.05) is 19.5 Å². The third-order valence-corrected chi connectivity index (χ3v) is 7.97. The summed E-state index contributed by atoms with van der Waals surface area (Å²) in [5.74, 6) is 0.754. The number of benzene rings is 2. The number of amides is 1. The molecule has 1 N–H and O–H groups in total. The van der Waals surface area contributed by atoms with Crippen LogP contribution in [0, 0.1) is 0 Å². The van der Waals surface area contributed by atoms with Crippen molar-refractivity contribution in [2.24, 2.45) is 0 Å². The van der Waals surface area contributed by atoms with E-state index in [2.05, 4.69) is 5.32 Å². The summed E-state index contributed by atoms with van der Waals surface area (Å²) in [6, 6.07) is 13.7. The molecule has 8 heteroatoms. The van der Waals surface area contributed by atoms with Crippen LogP contribution in [0.3, 0.4) is 0 Å². The molecule has 0 spiro atoms. The molecular formula is C21H19NO5S2. The molecular weight excluding hydrogens is 410 g/mol. The Morgan fingerprint density at radius 2 is 1.76 bits per heavy atom. The van der Waals surface area contributed by atoms with E-state index in [9.17, 15) is 13.2 Å².